The lowest BCUT2D eigenvalue weighted by molar-refractivity contribution is 0.253. The molecule has 3 aromatic carbocycles. The average Bonchev–Trinajstić information content (AvgIpc) is 2.65. The van der Waals surface area contributed by atoms with Crippen molar-refractivity contribution in [2.75, 3.05) is 24.7 Å². The molecule has 3 aromatic rings. The average molecular weight is 348 g/mol. The van der Waals surface area contributed by atoms with Crippen LogP contribution in [0.25, 0.3) is 22.3 Å². The van der Waals surface area contributed by atoms with Crippen LogP contribution in [0, 0.1) is 0 Å². The first kappa shape index (κ1) is 17.8. The highest BCUT2D eigenvalue weighted by Crippen LogP contribution is 2.28. The number of rotatable bonds is 7. The van der Waals surface area contributed by atoms with Crippen molar-refractivity contribution in [1.29, 1.82) is 0 Å². The Labute approximate surface area is 154 Å². The lowest BCUT2D eigenvalue weighted by Crippen LogP contribution is -1.98. The molecule has 4 heteroatoms. The summed E-state index contributed by atoms with van der Waals surface area (Å²) < 4.78 is 5.66. The van der Waals surface area contributed by atoms with Crippen molar-refractivity contribution in [1.82, 2.24) is 0 Å². The molecule has 0 aliphatic rings. The zero-order chi connectivity index (χ0) is 18.4. The minimum Gasteiger partial charge on any atom is -0.494 e. The first-order chi connectivity index (χ1) is 12.7. The number of nitrogen functional groups attached to an aromatic ring is 2. The van der Waals surface area contributed by atoms with E-state index in [-0.39, 0.29) is 6.61 Å². The third-order valence-electron chi connectivity index (χ3n) is 4.20. The summed E-state index contributed by atoms with van der Waals surface area (Å²) >= 11 is 0. The fourth-order valence-electron chi connectivity index (χ4n) is 2.85. The Morgan fingerprint density at radius 3 is 1.69 bits per heavy atom. The van der Waals surface area contributed by atoms with Gasteiger partial charge in [-0.25, -0.2) is 0 Å². The predicted molar refractivity (Wildman–Crippen MR) is 108 cm³/mol. The summed E-state index contributed by atoms with van der Waals surface area (Å²) in [4.78, 5) is 0. The van der Waals surface area contributed by atoms with E-state index in [4.69, 9.17) is 21.3 Å². The van der Waals surface area contributed by atoms with E-state index in [1.54, 1.807) is 6.07 Å². The van der Waals surface area contributed by atoms with Crippen LogP contribution in [0.15, 0.2) is 66.7 Å². The first-order valence-electron chi connectivity index (χ1n) is 8.76. The van der Waals surface area contributed by atoms with Gasteiger partial charge in [0.05, 0.1) is 6.61 Å². The minimum absolute atomic E-state index is 0.209. The number of nitrogens with two attached hydrogens (primary N) is 2. The lowest BCUT2D eigenvalue weighted by Gasteiger charge is -2.09. The molecule has 0 saturated heterocycles. The molecule has 5 N–H and O–H groups in total. The van der Waals surface area contributed by atoms with Gasteiger partial charge in [-0.15, -0.1) is 0 Å². The second-order valence-electron chi connectivity index (χ2n) is 6.27. The summed E-state index contributed by atoms with van der Waals surface area (Å²) in [6, 6.07) is 22.0. The van der Waals surface area contributed by atoms with Gasteiger partial charge in [-0.2, -0.15) is 0 Å². The smallest absolute Gasteiger partial charge is 0.119 e. The number of benzene rings is 3. The zero-order valence-corrected chi connectivity index (χ0v) is 14.7. The van der Waals surface area contributed by atoms with Crippen LogP contribution in [-0.2, 0) is 0 Å². The van der Waals surface area contributed by atoms with E-state index in [1.807, 2.05) is 24.3 Å². The van der Waals surface area contributed by atoms with Gasteiger partial charge in [0.25, 0.3) is 0 Å². The fourth-order valence-corrected chi connectivity index (χ4v) is 2.85. The summed E-state index contributed by atoms with van der Waals surface area (Å²) in [5, 5.41) is 8.78. The SMILES string of the molecule is Nc1cc(N)cc(-c2ccc(-c3ccc(OCCCCO)cc3)cc2)c1. The van der Waals surface area contributed by atoms with Gasteiger partial charge in [0.2, 0.25) is 0 Å². The topological polar surface area (TPSA) is 81.5 Å². The van der Waals surface area contributed by atoms with Gasteiger partial charge in [0.1, 0.15) is 5.75 Å². The largest absolute Gasteiger partial charge is 0.494 e. The van der Waals surface area contributed by atoms with Crippen LogP contribution in [-0.4, -0.2) is 18.3 Å². The minimum atomic E-state index is 0.209. The van der Waals surface area contributed by atoms with Gasteiger partial charge in [0.15, 0.2) is 0 Å². The summed E-state index contributed by atoms with van der Waals surface area (Å²) in [7, 11) is 0. The van der Waals surface area contributed by atoms with E-state index in [0.29, 0.717) is 18.0 Å². The second kappa shape index (κ2) is 8.41. The Morgan fingerprint density at radius 2 is 1.15 bits per heavy atom. The molecular weight excluding hydrogens is 324 g/mol. The number of anilines is 2. The molecule has 0 unspecified atom stereocenters. The summed E-state index contributed by atoms with van der Waals surface area (Å²) in [5.74, 6) is 0.846. The van der Waals surface area contributed by atoms with Gasteiger partial charge in [-0.1, -0.05) is 36.4 Å². The molecule has 0 heterocycles. The summed E-state index contributed by atoms with van der Waals surface area (Å²) in [6.45, 7) is 0.832. The van der Waals surface area contributed by atoms with E-state index in [1.165, 1.54) is 0 Å². The lowest BCUT2D eigenvalue weighted by atomic mass is 9.99. The highest BCUT2D eigenvalue weighted by atomic mass is 16.5. The first-order valence-corrected chi connectivity index (χ1v) is 8.76. The number of ether oxygens (including phenoxy) is 1. The highest BCUT2D eigenvalue weighted by Gasteiger charge is 2.03. The van der Waals surface area contributed by atoms with Crippen LogP contribution in [0.1, 0.15) is 12.8 Å². The van der Waals surface area contributed by atoms with Crippen LogP contribution < -0.4 is 16.2 Å². The van der Waals surface area contributed by atoms with Crippen LogP contribution in [0.2, 0.25) is 0 Å². The third kappa shape index (κ3) is 4.55. The van der Waals surface area contributed by atoms with Crippen molar-refractivity contribution < 1.29 is 9.84 Å². The van der Waals surface area contributed by atoms with E-state index in [0.717, 1.165) is 40.8 Å². The van der Waals surface area contributed by atoms with Crippen molar-refractivity contribution in [2.45, 2.75) is 12.8 Å². The Hall–Kier alpha value is -2.98. The van der Waals surface area contributed by atoms with Crippen molar-refractivity contribution in [3.8, 4) is 28.0 Å². The van der Waals surface area contributed by atoms with Crippen molar-refractivity contribution >= 4 is 11.4 Å². The molecule has 0 fully saturated rings. The molecule has 0 saturated carbocycles. The number of hydrogen-bond acceptors (Lipinski definition) is 4. The molecule has 0 radical (unpaired) electrons. The van der Waals surface area contributed by atoms with Crippen molar-refractivity contribution in [3.63, 3.8) is 0 Å². The number of unbranched alkanes of at least 4 members (excludes halogenated alkanes) is 1. The Morgan fingerprint density at radius 1 is 0.654 bits per heavy atom. The predicted octanol–water partition coefficient (Wildman–Crippen LogP) is 4.34. The van der Waals surface area contributed by atoms with Gasteiger partial charge in [-0.05, 0) is 65.4 Å². The molecule has 0 aromatic heterocycles. The standard InChI is InChI=1S/C22H24N2O2/c23-20-13-19(14-21(24)15-20)18-5-3-16(4-6-18)17-7-9-22(10-8-17)26-12-2-1-11-25/h3-10,13-15,25H,1-2,11-12,23-24H2. The third-order valence-corrected chi connectivity index (χ3v) is 4.20. The van der Waals surface area contributed by atoms with Crippen LogP contribution in [0.3, 0.4) is 0 Å². The van der Waals surface area contributed by atoms with Crippen LogP contribution >= 0.6 is 0 Å². The van der Waals surface area contributed by atoms with E-state index in [9.17, 15) is 0 Å². The van der Waals surface area contributed by atoms with Gasteiger partial charge >= 0.3 is 0 Å². The number of hydrogen-bond donors (Lipinski definition) is 3. The molecule has 0 bridgehead atoms. The quantitative estimate of drug-likeness (QED) is 0.438. The normalized spacial score (nSPS) is 10.7. The monoisotopic (exact) mass is 348 g/mol. The molecule has 4 nitrogen and oxygen atoms in total. The Kier molecular flexibility index (Phi) is 5.77. The highest BCUT2D eigenvalue weighted by molar-refractivity contribution is 5.75. The molecule has 0 amide bonds. The molecule has 3 rings (SSSR count). The second-order valence-corrected chi connectivity index (χ2v) is 6.27. The van der Waals surface area contributed by atoms with Gasteiger partial charge in [0, 0.05) is 18.0 Å². The maximum absolute atomic E-state index is 8.78. The van der Waals surface area contributed by atoms with Gasteiger partial charge < -0.3 is 21.3 Å². The molecule has 134 valence electrons. The number of aliphatic hydroxyl groups excluding tert-OH is 1. The molecule has 0 aliphatic carbocycles. The van der Waals surface area contributed by atoms with E-state index < -0.39 is 0 Å². The summed E-state index contributed by atoms with van der Waals surface area (Å²) in [5.41, 5.74) is 17.5. The van der Waals surface area contributed by atoms with Gasteiger partial charge in [-0.3, -0.25) is 0 Å². The number of aliphatic hydroxyl groups is 1. The zero-order valence-electron chi connectivity index (χ0n) is 14.7. The fraction of sp³-hybridized carbons (Fsp3) is 0.182. The summed E-state index contributed by atoms with van der Waals surface area (Å²) in [6.07, 6.45) is 1.62. The van der Waals surface area contributed by atoms with Crippen LogP contribution in [0.4, 0.5) is 11.4 Å². The van der Waals surface area contributed by atoms with E-state index in [2.05, 4.69) is 36.4 Å². The van der Waals surface area contributed by atoms with Crippen molar-refractivity contribution in [2.24, 2.45) is 0 Å². The Bertz CT molecular complexity index is 823. The molecule has 0 spiro atoms. The van der Waals surface area contributed by atoms with Crippen LogP contribution in [0.5, 0.6) is 5.75 Å². The van der Waals surface area contributed by atoms with E-state index >= 15 is 0 Å². The molecule has 0 aliphatic heterocycles. The Balaban J connectivity index is 1.70. The maximum atomic E-state index is 8.78. The molecule has 26 heavy (non-hydrogen) atoms. The van der Waals surface area contributed by atoms with Crippen molar-refractivity contribution in [3.05, 3.63) is 66.7 Å². The molecule has 0 atom stereocenters. The maximum Gasteiger partial charge on any atom is 0.119 e. The molecular formula is C22H24N2O2.